The molecule has 0 aliphatic rings. The van der Waals surface area contributed by atoms with Gasteiger partial charge in [-0.25, -0.2) is 4.79 Å². The molecule has 16 heavy (non-hydrogen) atoms. The van der Waals surface area contributed by atoms with E-state index in [0.717, 1.165) is 0 Å². The Hall–Kier alpha value is -1.17. The van der Waals surface area contributed by atoms with E-state index in [2.05, 4.69) is 0 Å². The van der Waals surface area contributed by atoms with Gasteiger partial charge in [0.25, 0.3) is 0 Å². The lowest BCUT2D eigenvalue weighted by Crippen LogP contribution is -2.11. The van der Waals surface area contributed by atoms with E-state index >= 15 is 0 Å². The normalized spacial score (nSPS) is 11.5. The number of carboxylic acids is 1. The van der Waals surface area contributed by atoms with Crippen LogP contribution in [-0.2, 0) is 0 Å². The van der Waals surface area contributed by atoms with Crippen LogP contribution < -0.4 is 0 Å². The molecule has 0 saturated carbocycles. The summed E-state index contributed by atoms with van der Waals surface area (Å²) in [6.45, 7) is 1.59. The highest BCUT2D eigenvalue weighted by Gasteiger charge is 2.28. The number of carboxylic acid groups (broad SMARTS) is 1. The average molecular weight is 250 g/mol. The highest BCUT2D eigenvalue weighted by Crippen LogP contribution is 2.31. The van der Waals surface area contributed by atoms with E-state index in [-0.39, 0.29) is 10.5 Å². The summed E-state index contributed by atoms with van der Waals surface area (Å²) in [6, 6.07) is 4.40. The summed E-state index contributed by atoms with van der Waals surface area (Å²) in [4.78, 5) is 11.0. The van der Waals surface area contributed by atoms with Crippen LogP contribution in [0.1, 0.15) is 15.9 Å². The molecule has 0 bridgehead atoms. The molecule has 0 heterocycles. The zero-order chi connectivity index (χ0) is 12.3. The maximum atomic E-state index is 12.0. The molecule has 1 aromatic carbocycles. The van der Waals surface area contributed by atoms with Crippen molar-refractivity contribution in [2.24, 2.45) is 0 Å². The third kappa shape index (κ3) is 3.44. The molecule has 0 amide bonds. The number of carbonyl (C=O) groups is 1. The van der Waals surface area contributed by atoms with E-state index in [1.165, 1.54) is 12.1 Å². The Morgan fingerprint density at radius 1 is 1.44 bits per heavy atom. The monoisotopic (exact) mass is 250 g/mol. The van der Waals surface area contributed by atoms with E-state index in [1.807, 2.05) is 0 Å². The minimum Gasteiger partial charge on any atom is -0.478 e. The van der Waals surface area contributed by atoms with Gasteiger partial charge in [0.1, 0.15) is 0 Å². The average Bonchev–Trinajstić information content (AvgIpc) is 2.13. The van der Waals surface area contributed by atoms with Gasteiger partial charge in [0.15, 0.2) is 0 Å². The second kappa shape index (κ2) is 4.78. The summed E-state index contributed by atoms with van der Waals surface area (Å²) in [6.07, 6.45) is -4.30. The van der Waals surface area contributed by atoms with Gasteiger partial charge in [0.2, 0.25) is 0 Å². The van der Waals surface area contributed by atoms with Gasteiger partial charge in [-0.1, -0.05) is 12.1 Å². The molecule has 1 rings (SSSR count). The first-order chi connectivity index (χ1) is 7.31. The SMILES string of the molecule is Cc1cccc(C(=O)O)c1SCC(F)(F)F. The first kappa shape index (κ1) is 12.9. The molecule has 0 radical (unpaired) electrons. The van der Waals surface area contributed by atoms with Crippen LogP contribution in [0.2, 0.25) is 0 Å². The maximum absolute atomic E-state index is 12.0. The molecule has 6 heteroatoms. The van der Waals surface area contributed by atoms with E-state index in [0.29, 0.717) is 17.3 Å². The molecule has 0 saturated heterocycles. The van der Waals surface area contributed by atoms with Crippen molar-refractivity contribution in [1.29, 1.82) is 0 Å². The van der Waals surface area contributed by atoms with Crippen molar-refractivity contribution >= 4 is 17.7 Å². The largest absolute Gasteiger partial charge is 0.478 e. The number of hydrogen-bond donors (Lipinski definition) is 1. The second-order valence-electron chi connectivity index (χ2n) is 3.16. The smallest absolute Gasteiger partial charge is 0.398 e. The molecule has 0 unspecified atom stereocenters. The van der Waals surface area contributed by atoms with E-state index in [9.17, 15) is 18.0 Å². The van der Waals surface area contributed by atoms with Gasteiger partial charge in [0.05, 0.1) is 11.3 Å². The quantitative estimate of drug-likeness (QED) is 0.836. The minimum atomic E-state index is -4.30. The van der Waals surface area contributed by atoms with Crippen LogP contribution >= 0.6 is 11.8 Å². The molecule has 0 atom stereocenters. The summed E-state index contributed by atoms with van der Waals surface area (Å²) in [7, 11) is 0. The van der Waals surface area contributed by atoms with E-state index in [1.54, 1.807) is 13.0 Å². The van der Waals surface area contributed by atoms with E-state index < -0.39 is 17.9 Å². The predicted molar refractivity (Wildman–Crippen MR) is 54.9 cm³/mol. The first-order valence-electron chi connectivity index (χ1n) is 4.34. The number of halogens is 3. The van der Waals surface area contributed by atoms with Crippen molar-refractivity contribution in [2.75, 3.05) is 5.75 Å². The zero-order valence-corrected chi connectivity index (χ0v) is 9.15. The van der Waals surface area contributed by atoms with Gasteiger partial charge in [0, 0.05) is 4.90 Å². The molecule has 1 N–H and O–H groups in total. The molecule has 0 spiro atoms. The highest BCUT2D eigenvalue weighted by atomic mass is 32.2. The number of hydrogen-bond acceptors (Lipinski definition) is 2. The number of alkyl halides is 3. The number of aryl methyl sites for hydroxylation is 1. The molecular formula is C10H9F3O2S. The Morgan fingerprint density at radius 3 is 2.56 bits per heavy atom. The molecule has 0 aromatic heterocycles. The lowest BCUT2D eigenvalue weighted by molar-refractivity contribution is -0.105. The molecule has 2 nitrogen and oxygen atoms in total. The third-order valence-electron chi connectivity index (χ3n) is 1.82. The van der Waals surface area contributed by atoms with Crippen molar-refractivity contribution in [3.8, 4) is 0 Å². The van der Waals surface area contributed by atoms with Crippen molar-refractivity contribution in [3.63, 3.8) is 0 Å². The van der Waals surface area contributed by atoms with Crippen LogP contribution in [0, 0.1) is 6.92 Å². The van der Waals surface area contributed by atoms with Gasteiger partial charge >= 0.3 is 12.1 Å². The second-order valence-corrected chi connectivity index (χ2v) is 4.15. The van der Waals surface area contributed by atoms with Gasteiger partial charge in [-0.15, -0.1) is 11.8 Å². The Balaban J connectivity index is 2.98. The van der Waals surface area contributed by atoms with Crippen LogP contribution in [0.5, 0.6) is 0 Å². The molecule has 0 fully saturated rings. The van der Waals surface area contributed by atoms with Gasteiger partial charge in [-0.2, -0.15) is 13.2 Å². The predicted octanol–water partition coefficient (Wildman–Crippen LogP) is 3.35. The Bertz CT molecular complexity index is 402. The van der Waals surface area contributed by atoms with Crippen LogP contribution in [0.25, 0.3) is 0 Å². The number of thioether (sulfide) groups is 1. The molecular weight excluding hydrogens is 241 g/mol. The summed E-state index contributed by atoms with van der Waals surface area (Å²) in [5.74, 6) is -2.30. The van der Waals surface area contributed by atoms with Crippen molar-refractivity contribution in [2.45, 2.75) is 18.0 Å². The molecule has 88 valence electrons. The fourth-order valence-electron chi connectivity index (χ4n) is 1.17. The van der Waals surface area contributed by atoms with Crippen LogP contribution in [0.3, 0.4) is 0 Å². The Kier molecular flexibility index (Phi) is 3.85. The maximum Gasteiger partial charge on any atom is 0.398 e. The molecule has 1 aromatic rings. The van der Waals surface area contributed by atoms with Gasteiger partial charge in [-0.3, -0.25) is 0 Å². The number of benzene rings is 1. The summed E-state index contributed by atoms with van der Waals surface area (Å²) in [5, 5.41) is 8.82. The van der Waals surface area contributed by atoms with E-state index in [4.69, 9.17) is 5.11 Å². The Labute approximate surface area is 94.5 Å². The van der Waals surface area contributed by atoms with Crippen molar-refractivity contribution in [1.82, 2.24) is 0 Å². The molecule has 0 aliphatic carbocycles. The standard InChI is InChI=1S/C10H9F3O2S/c1-6-3-2-4-7(9(14)15)8(6)16-5-10(11,12)13/h2-4H,5H2,1H3,(H,14,15). The lowest BCUT2D eigenvalue weighted by atomic mass is 10.1. The summed E-state index contributed by atoms with van der Waals surface area (Å²) >= 11 is 0.503. The van der Waals surface area contributed by atoms with Crippen LogP contribution in [-0.4, -0.2) is 23.0 Å². The third-order valence-corrected chi connectivity index (χ3v) is 3.12. The summed E-state index contributed by atoms with van der Waals surface area (Å²) in [5.41, 5.74) is 0.448. The highest BCUT2D eigenvalue weighted by molar-refractivity contribution is 7.99. The fraction of sp³-hybridized carbons (Fsp3) is 0.300. The number of aromatic carboxylic acids is 1. The lowest BCUT2D eigenvalue weighted by Gasteiger charge is -2.10. The minimum absolute atomic E-state index is 0.0887. The topological polar surface area (TPSA) is 37.3 Å². The van der Waals surface area contributed by atoms with Gasteiger partial charge < -0.3 is 5.11 Å². The fourth-order valence-corrected chi connectivity index (χ4v) is 2.08. The molecule has 0 aliphatic heterocycles. The van der Waals surface area contributed by atoms with Crippen LogP contribution in [0.15, 0.2) is 23.1 Å². The van der Waals surface area contributed by atoms with Gasteiger partial charge in [-0.05, 0) is 18.6 Å². The zero-order valence-electron chi connectivity index (χ0n) is 8.34. The van der Waals surface area contributed by atoms with Crippen molar-refractivity contribution in [3.05, 3.63) is 29.3 Å². The Morgan fingerprint density at radius 2 is 2.06 bits per heavy atom. The van der Waals surface area contributed by atoms with Crippen molar-refractivity contribution < 1.29 is 23.1 Å². The van der Waals surface area contributed by atoms with Crippen LogP contribution in [0.4, 0.5) is 13.2 Å². The first-order valence-corrected chi connectivity index (χ1v) is 5.32. The number of rotatable bonds is 3. The summed E-state index contributed by atoms with van der Waals surface area (Å²) < 4.78 is 36.1.